The highest BCUT2D eigenvalue weighted by Crippen LogP contribution is 2.43. The number of esters is 2. The third-order valence-electron chi connectivity index (χ3n) is 8.08. The molecular weight excluding hydrogens is 685 g/mol. The Kier molecular flexibility index (Phi) is 33.7. The van der Waals surface area contributed by atoms with Crippen LogP contribution in [0.3, 0.4) is 0 Å². The highest BCUT2D eigenvalue weighted by molar-refractivity contribution is 7.47. The number of carboxylic acids is 1. The van der Waals surface area contributed by atoms with Gasteiger partial charge in [0.15, 0.2) is 6.10 Å². The van der Waals surface area contributed by atoms with E-state index in [0.29, 0.717) is 19.3 Å². The van der Waals surface area contributed by atoms with Crippen LogP contribution in [0.5, 0.6) is 0 Å². The summed E-state index contributed by atoms with van der Waals surface area (Å²) >= 11 is 0. The topological polar surface area (TPSA) is 172 Å². The summed E-state index contributed by atoms with van der Waals surface area (Å²) < 4.78 is 32.4. The monoisotopic (exact) mass is 755 g/mol. The fourth-order valence-corrected chi connectivity index (χ4v) is 5.72. The summed E-state index contributed by atoms with van der Waals surface area (Å²) in [4.78, 5) is 45.6. The van der Waals surface area contributed by atoms with Crippen LogP contribution in [0.4, 0.5) is 0 Å². The minimum atomic E-state index is -4.72. The Bertz CT molecular complexity index is 1070. The molecule has 1 unspecified atom stereocenters. The Morgan fingerprint density at radius 2 is 1.04 bits per heavy atom. The van der Waals surface area contributed by atoms with Crippen molar-refractivity contribution in [2.24, 2.45) is 5.73 Å². The molecule has 0 aliphatic heterocycles. The van der Waals surface area contributed by atoms with Gasteiger partial charge in [0.2, 0.25) is 0 Å². The molecule has 300 valence electrons. The first-order valence-electron chi connectivity index (χ1n) is 19.7. The van der Waals surface area contributed by atoms with Crippen molar-refractivity contribution in [3.8, 4) is 0 Å². The van der Waals surface area contributed by atoms with Gasteiger partial charge < -0.3 is 25.2 Å². The molecule has 52 heavy (non-hydrogen) atoms. The molecule has 0 aromatic rings. The SMILES string of the molecule is CCCCCCCCC/C=C/C/C=C/C/C=C/C/C=C/CCCC(=O)O[C@@H](COC(=O)CCCCCCCCC)COP(=O)(O)OC[C@H](N)C(=O)O. The van der Waals surface area contributed by atoms with Crippen LogP contribution in [0, 0.1) is 0 Å². The molecule has 0 bridgehead atoms. The molecule has 0 aromatic carbocycles. The van der Waals surface area contributed by atoms with E-state index in [2.05, 4.69) is 54.8 Å². The second-order valence-corrected chi connectivity index (χ2v) is 14.5. The number of phosphoric ester groups is 1. The Morgan fingerprint density at radius 1 is 0.596 bits per heavy atom. The number of hydrogen-bond donors (Lipinski definition) is 3. The zero-order valence-electron chi connectivity index (χ0n) is 32.1. The second kappa shape index (κ2) is 35.5. The molecular formula is C40H70NO10P. The molecule has 0 saturated carbocycles. The van der Waals surface area contributed by atoms with E-state index in [1.54, 1.807) is 0 Å². The van der Waals surface area contributed by atoms with Gasteiger partial charge in [-0.3, -0.25) is 23.4 Å². The summed E-state index contributed by atoms with van der Waals surface area (Å²) in [7, 11) is -4.72. The predicted molar refractivity (Wildman–Crippen MR) is 208 cm³/mol. The van der Waals surface area contributed by atoms with Crippen LogP contribution in [0.2, 0.25) is 0 Å². The highest BCUT2D eigenvalue weighted by atomic mass is 31.2. The zero-order chi connectivity index (χ0) is 38.5. The molecule has 0 fully saturated rings. The molecule has 0 aromatic heterocycles. The standard InChI is InChI=1S/C40H70NO10P/c1-3-5-7-9-11-12-13-14-15-16-17-18-19-20-21-22-23-24-26-28-30-32-39(43)51-36(34-49-52(46,47)50-35-37(41)40(44)45)33-48-38(42)31-29-27-25-10-8-6-4-2/h15-16,18-19,21-22,24,26,36-37H,3-14,17,20,23,25,27-35,41H2,1-2H3,(H,44,45)(H,46,47)/b16-15+,19-18+,22-21+,26-24+/t36-,37-/m0/s1. The summed E-state index contributed by atoms with van der Waals surface area (Å²) in [5.41, 5.74) is 5.30. The largest absolute Gasteiger partial charge is 0.480 e. The normalized spacial score (nSPS) is 14.4. The zero-order valence-corrected chi connectivity index (χ0v) is 33.0. The molecule has 3 atom stereocenters. The molecule has 0 amide bonds. The van der Waals surface area contributed by atoms with Crippen molar-refractivity contribution in [1.29, 1.82) is 0 Å². The Balaban J connectivity index is 4.43. The van der Waals surface area contributed by atoms with Crippen LogP contribution in [0.25, 0.3) is 0 Å². The molecule has 0 rings (SSSR count). The van der Waals surface area contributed by atoms with Gasteiger partial charge in [-0.2, -0.15) is 0 Å². The smallest absolute Gasteiger partial charge is 0.472 e. The van der Waals surface area contributed by atoms with Crippen LogP contribution in [-0.4, -0.2) is 59.9 Å². The molecule has 0 heterocycles. The van der Waals surface area contributed by atoms with Gasteiger partial charge in [-0.1, -0.05) is 140 Å². The van der Waals surface area contributed by atoms with Crippen LogP contribution in [0.1, 0.15) is 155 Å². The minimum absolute atomic E-state index is 0.0850. The fraction of sp³-hybridized carbons (Fsp3) is 0.725. The number of nitrogens with two attached hydrogens (primary N) is 1. The number of allylic oxidation sites excluding steroid dienone is 8. The first-order chi connectivity index (χ1) is 25.1. The maximum Gasteiger partial charge on any atom is 0.472 e. The number of carbonyl (C=O) groups is 3. The number of carboxylic acid groups (broad SMARTS) is 1. The molecule has 0 spiro atoms. The van der Waals surface area contributed by atoms with Crippen molar-refractivity contribution in [2.75, 3.05) is 19.8 Å². The lowest BCUT2D eigenvalue weighted by Crippen LogP contribution is -2.34. The van der Waals surface area contributed by atoms with E-state index >= 15 is 0 Å². The maximum absolute atomic E-state index is 12.5. The number of phosphoric acid groups is 1. The maximum atomic E-state index is 12.5. The summed E-state index contributed by atoms with van der Waals surface area (Å²) in [6.07, 6.45) is 37.9. The van der Waals surface area contributed by atoms with Crippen molar-refractivity contribution in [3.05, 3.63) is 48.6 Å². The third-order valence-corrected chi connectivity index (χ3v) is 9.03. The molecule has 0 radical (unpaired) electrons. The van der Waals surface area contributed by atoms with Gasteiger partial charge in [0.25, 0.3) is 0 Å². The average molecular weight is 756 g/mol. The van der Waals surface area contributed by atoms with Gasteiger partial charge in [-0.15, -0.1) is 0 Å². The first kappa shape index (κ1) is 49.4. The molecule has 0 aliphatic rings. The van der Waals surface area contributed by atoms with Crippen LogP contribution < -0.4 is 5.73 Å². The van der Waals surface area contributed by atoms with E-state index < -0.39 is 51.1 Å². The van der Waals surface area contributed by atoms with Gasteiger partial charge in [-0.25, -0.2) is 4.57 Å². The van der Waals surface area contributed by atoms with E-state index in [0.717, 1.165) is 38.5 Å². The highest BCUT2D eigenvalue weighted by Gasteiger charge is 2.28. The Labute approximate surface area is 314 Å². The van der Waals surface area contributed by atoms with Crippen molar-refractivity contribution in [3.63, 3.8) is 0 Å². The van der Waals surface area contributed by atoms with Gasteiger partial charge in [-0.05, 0) is 51.4 Å². The summed E-state index contributed by atoms with van der Waals surface area (Å²) in [6.45, 7) is 2.66. The van der Waals surface area contributed by atoms with Crippen LogP contribution in [-0.2, 0) is 37.5 Å². The summed E-state index contributed by atoms with van der Waals surface area (Å²) in [5.74, 6) is -2.46. The summed E-state index contributed by atoms with van der Waals surface area (Å²) in [6, 6.07) is -1.53. The number of aliphatic carboxylic acids is 1. The van der Waals surface area contributed by atoms with E-state index in [9.17, 15) is 23.8 Å². The van der Waals surface area contributed by atoms with Crippen LogP contribution in [0.15, 0.2) is 48.6 Å². The molecule has 4 N–H and O–H groups in total. The van der Waals surface area contributed by atoms with Gasteiger partial charge in [0, 0.05) is 12.8 Å². The number of unbranched alkanes of at least 4 members (excludes halogenated alkanes) is 14. The first-order valence-corrected chi connectivity index (χ1v) is 21.2. The number of ether oxygens (including phenoxy) is 2. The molecule has 12 heteroatoms. The van der Waals surface area contributed by atoms with E-state index in [-0.39, 0.29) is 19.4 Å². The van der Waals surface area contributed by atoms with Crippen molar-refractivity contribution >= 4 is 25.7 Å². The average Bonchev–Trinajstić information content (AvgIpc) is 3.12. The number of rotatable bonds is 36. The van der Waals surface area contributed by atoms with E-state index in [4.69, 9.17) is 24.8 Å². The molecule has 0 saturated heterocycles. The third kappa shape index (κ3) is 34.5. The molecule has 11 nitrogen and oxygen atoms in total. The van der Waals surface area contributed by atoms with E-state index in [1.807, 2.05) is 12.2 Å². The lowest BCUT2D eigenvalue weighted by atomic mass is 10.1. The minimum Gasteiger partial charge on any atom is -0.480 e. The Hall–Kier alpha value is -2.56. The Morgan fingerprint density at radius 3 is 1.58 bits per heavy atom. The second-order valence-electron chi connectivity index (χ2n) is 13.1. The van der Waals surface area contributed by atoms with Crippen LogP contribution >= 0.6 is 7.82 Å². The van der Waals surface area contributed by atoms with Crippen molar-refractivity contribution < 1.29 is 47.5 Å². The lowest BCUT2D eigenvalue weighted by Gasteiger charge is -2.20. The fourth-order valence-electron chi connectivity index (χ4n) is 4.94. The van der Waals surface area contributed by atoms with Gasteiger partial charge >= 0.3 is 25.7 Å². The van der Waals surface area contributed by atoms with Crippen molar-refractivity contribution in [1.82, 2.24) is 0 Å². The van der Waals surface area contributed by atoms with E-state index in [1.165, 1.54) is 70.6 Å². The van der Waals surface area contributed by atoms with Crippen molar-refractivity contribution in [2.45, 2.75) is 167 Å². The quantitative estimate of drug-likeness (QED) is 0.0241. The predicted octanol–water partition coefficient (Wildman–Crippen LogP) is 9.83. The molecule has 0 aliphatic carbocycles. The summed E-state index contributed by atoms with van der Waals surface area (Å²) in [5, 5.41) is 8.84. The number of carbonyl (C=O) groups excluding carboxylic acids is 2. The van der Waals surface area contributed by atoms with Gasteiger partial charge in [0.05, 0.1) is 13.2 Å². The number of hydrogen-bond acceptors (Lipinski definition) is 9. The van der Waals surface area contributed by atoms with Gasteiger partial charge in [0.1, 0.15) is 12.6 Å². The lowest BCUT2D eigenvalue weighted by molar-refractivity contribution is -0.161.